The fraction of sp³-hybridized carbons (Fsp3) is 0.217. The normalized spacial score (nSPS) is 10.5. The average molecular weight is 377 g/mol. The van der Waals surface area contributed by atoms with E-state index in [1.807, 2.05) is 37.3 Å². The van der Waals surface area contributed by atoms with E-state index in [9.17, 15) is 4.79 Å². The van der Waals surface area contributed by atoms with Crippen LogP contribution in [0, 0.1) is 6.92 Å². The van der Waals surface area contributed by atoms with Gasteiger partial charge < -0.3 is 13.9 Å². The molecule has 0 spiro atoms. The number of hydrogen-bond acceptors (Lipinski definition) is 5. The van der Waals surface area contributed by atoms with Gasteiger partial charge in [-0.05, 0) is 36.2 Å². The minimum atomic E-state index is 0.0962. The second-order valence-corrected chi connectivity index (χ2v) is 6.43. The first-order valence-electron chi connectivity index (χ1n) is 9.03. The van der Waals surface area contributed by atoms with Crippen molar-refractivity contribution >= 4 is 5.78 Å². The minimum Gasteiger partial charge on any atom is -0.493 e. The molecule has 1 heterocycles. The number of carbonyl (C=O) groups is 1. The van der Waals surface area contributed by atoms with Crippen LogP contribution in [0.15, 0.2) is 65.8 Å². The van der Waals surface area contributed by atoms with Crippen molar-refractivity contribution in [3.05, 3.63) is 78.2 Å². The first-order chi connectivity index (χ1) is 13.6. The van der Waals surface area contributed by atoms with Gasteiger partial charge in [0.05, 0.1) is 19.2 Å². The van der Waals surface area contributed by atoms with Gasteiger partial charge in [0.1, 0.15) is 18.7 Å². The van der Waals surface area contributed by atoms with Crippen molar-refractivity contribution in [2.45, 2.75) is 19.8 Å². The molecule has 0 aliphatic heterocycles. The topological polar surface area (TPSA) is 61.6 Å². The van der Waals surface area contributed by atoms with Crippen LogP contribution in [-0.4, -0.2) is 24.5 Å². The average Bonchev–Trinajstić information content (AvgIpc) is 3.16. The van der Waals surface area contributed by atoms with Crippen molar-refractivity contribution in [1.82, 2.24) is 4.98 Å². The lowest BCUT2D eigenvalue weighted by molar-refractivity contribution is -0.117. The zero-order valence-electron chi connectivity index (χ0n) is 16.1. The third-order valence-electron chi connectivity index (χ3n) is 4.35. The molecule has 0 atom stereocenters. The first kappa shape index (κ1) is 19.4. The van der Waals surface area contributed by atoms with Crippen LogP contribution in [0.4, 0.5) is 0 Å². The van der Waals surface area contributed by atoms with Gasteiger partial charge in [-0.25, -0.2) is 4.98 Å². The summed E-state index contributed by atoms with van der Waals surface area (Å²) < 4.78 is 16.5. The number of benzene rings is 2. The van der Waals surface area contributed by atoms with Crippen LogP contribution in [0.1, 0.15) is 16.8 Å². The Kier molecular flexibility index (Phi) is 6.27. The van der Waals surface area contributed by atoms with Crippen molar-refractivity contribution in [1.29, 1.82) is 0 Å². The largest absolute Gasteiger partial charge is 0.493 e. The Morgan fingerprint density at radius 2 is 2.00 bits per heavy atom. The van der Waals surface area contributed by atoms with Gasteiger partial charge in [0.2, 0.25) is 5.89 Å². The molecule has 3 rings (SSSR count). The lowest BCUT2D eigenvalue weighted by atomic mass is 10.0. The number of carbonyl (C=O) groups excluding carboxylic acids is 1. The molecule has 0 N–H and O–H groups in total. The van der Waals surface area contributed by atoms with E-state index in [1.54, 1.807) is 25.3 Å². The van der Waals surface area contributed by atoms with E-state index in [-0.39, 0.29) is 12.2 Å². The van der Waals surface area contributed by atoms with Gasteiger partial charge >= 0.3 is 0 Å². The van der Waals surface area contributed by atoms with Crippen LogP contribution >= 0.6 is 0 Å². The van der Waals surface area contributed by atoms with Gasteiger partial charge in [0, 0.05) is 12.0 Å². The second kappa shape index (κ2) is 9.04. The Balaban J connectivity index is 1.72. The molecule has 0 amide bonds. The van der Waals surface area contributed by atoms with Crippen LogP contribution in [0.5, 0.6) is 11.5 Å². The molecule has 2 aromatic carbocycles. The molecule has 3 aromatic rings. The Morgan fingerprint density at radius 1 is 1.18 bits per heavy atom. The van der Waals surface area contributed by atoms with Gasteiger partial charge in [-0.3, -0.25) is 4.79 Å². The molecule has 5 nitrogen and oxygen atoms in total. The maximum Gasteiger partial charge on any atom is 0.226 e. The predicted molar refractivity (Wildman–Crippen MR) is 108 cm³/mol. The molecule has 0 radical (unpaired) electrons. The van der Waals surface area contributed by atoms with Gasteiger partial charge in [-0.2, -0.15) is 0 Å². The predicted octanol–water partition coefficient (Wildman–Crippen LogP) is 4.58. The summed E-state index contributed by atoms with van der Waals surface area (Å²) in [6.45, 7) is 6.02. The molecule has 0 unspecified atom stereocenters. The highest BCUT2D eigenvalue weighted by molar-refractivity contribution is 5.83. The van der Waals surface area contributed by atoms with E-state index in [0.29, 0.717) is 36.1 Å². The quantitative estimate of drug-likeness (QED) is 0.511. The van der Waals surface area contributed by atoms with Crippen LogP contribution in [0.3, 0.4) is 0 Å². The van der Waals surface area contributed by atoms with Gasteiger partial charge in [0.25, 0.3) is 0 Å². The Hall–Kier alpha value is -3.34. The standard InChI is InChI=1S/C23H23NO4/c1-4-11-27-22-13-18(9-10-21(22)26-3)23-24-19(15-28-23)14-20(25)12-17-8-6-5-7-16(17)2/h4-10,13,15H,1,11-12,14H2,2-3H3. The van der Waals surface area contributed by atoms with Crippen molar-refractivity contribution in [3.8, 4) is 23.0 Å². The summed E-state index contributed by atoms with van der Waals surface area (Å²) in [5.74, 6) is 1.73. The highest BCUT2D eigenvalue weighted by Crippen LogP contribution is 2.32. The molecule has 0 fully saturated rings. The number of aryl methyl sites for hydroxylation is 1. The van der Waals surface area contributed by atoms with Crippen LogP contribution in [0.2, 0.25) is 0 Å². The molecule has 0 aliphatic rings. The monoisotopic (exact) mass is 377 g/mol. The minimum absolute atomic E-state index is 0.0962. The lowest BCUT2D eigenvalue weighted by Gasteiger charge is -2.09. The van der Waals surface area contributed by atoms with E-state index in [4.69, 9.17) is 13.9 Å². The molecular formula is C23H23NO4. The van der Waals surface area contributed by atoms with Gasteiger partial charge in [-0.1, -0.05) is 36.9 Å². The highest BCUT2D eigenvalue weighted by atomic mass is 16.5. The van der Waals surface area contributed by atoms with Crippen molar-refractivity contribution in [2.75, 3.05) is 13.7 Å². The number of nitrogens with zero attached hydrogens (tertiary/aromatic N) is 1. The number of methoxy groups -OCH3 is 1. The summed E-state index contributed by atoms with van der Waals surface area (Å²) in [6.07, 6.45) is 3.81. The summed E-state index contributed by atoms with van der Waals surface area (Å²) in [5, 5.41) is 0. The van der Waals surface area contributed by atoms with Gasteiger partial charge in [-0.15, -0.1) is 0 Å². The molecule has 0 saturated carbocycles. The van der Waals surface area contributed by atoms with E-state index in [2.05, 4.69) is 11.6 Å². The summed E-state index contributed by atoms with van der Waals surface area (Å²) in [6, 6.07) is 13.3. The Bertz CT molecular complexity index is 974. The van der Waals surface area contributed by atoms with E-state index < -0.39 is 0 Å². The fourth-order valence-electron chi connectivity index (χ4n) is 2.88. The molecule has 28 heavy (non-hydrogen) atoms. The molecule has 144 valence electrons. The van der Waals surface area contributed by atoms with Crippen LogP contribution in [0.25, 0.3) is 11.5 Å². The number of oxazole rings is 1. The van der Waals surface area contributed by atoms with E-state index in [0.717, 1.165) is 16.7 Å². The maximum absolute atomic E-state index is 12.4. The lowest BCUT2D eigenvalue weighted by Crippen LogP contribution is -2.07. The third-order valence-corrected chi connectivity index (χ3v) is 4.35. The second-order valence-electron chi connectivity index (χ2n) is 6.43. The van der Waals surface area contributed by atoms with Crippen molar-refractivity contribution < 1.29 is 18.7 Å². The van der Waals surface area contributed by atoms with E-state index >= 15 is 0 Å². The van der Waals surface area contributed by atoms with Crippen LogP contribution in [-0.2, 0) is 17.6 Å². The van der Waals surface area contributed by atoms with E-state index in [1.165, 1.54) is 6.26 Å². The number of ether oxygens (including phenoxy) is 2. The number of hydrogen-bond donors (Lipinski definition) is 0. The Morgan fingerprint density at radius 3 is 2.75 bits per heavy atom. The smallest absolute Gasteiger partial charge is 0.226 e. The maximum atomic E-state index is 12.4. The zero-order chi connectivity index (χ0) is 19.9. The summed E-state index contributed by atoms with van der Waals surface area (Å²) in [4.78, 5) is 16.9. The number of aromatic nitrogens is 1. The SMILES string of the molecule is C=CCOc1cc(-c2nc(CC(=O)Cc3ccccc3C)co2)ccc1OC. The molecule has 0 saturated heterocycles. The third kappa shape index (κ3) is 4.68. The summed E-state index contributed by atoms with van der Waals surface area (Å²) in [7, 11) is 1.58. The van der Waals surface area contributed by atoms with Crippen molar-refractivity contribution in [3.63, 3.8) is 0 Å². The Labute approximate surface area is 164 Å². The highest BCUT2D eigenvalue weighted by Gasteiger charge is 2.14. The number of rotatable bonds is 9. The van der Waals surface area contributed by atoms with Crippen molar-refractivity contribution in [2.24, 2.45) is 0 Å². The molecule has 0 bridgehead atoms. The molecule has 0 aliphatic carbocycles. The molecule has 1 aromatic heterocycles. The molecular weight excluding hydrogens is 354 g/mol. The molecule has 5 heteroatoms. The first-order valence-corrected chi connectivity index (χ1v) is 9.03. The van der Waals surface area contributed by atoms with Gasteiger partial charge in [0.15, 0.2) is 11.5 Å². The zero-order valence-corrected chi connectivity index (χ0v) is 16.1. The number of Topliss-reactive ketones (excluding diaryl/α,β-unsaturated/α-hetero) is 1. The van der Waals surface area contributed by atoms with Crippen LogP contribution < -0.4 is 9.47 Å². The fourth-order valence-corrected chi connectivity index (χ4v) is 2.88. The number of ketones is 1. The summed E-state index contributed by atoms with van der Waals surface area (Å²) in [5.41, 5.74) is 3.51. The summed E-state index contributed by atoms with van der Waals surface area (Å²) >= 11 is 0.